The van der Waals surface area contributed by atoms with E-state index in [0.717, 1.165) is 0 Å². The van der Waals surface area contributed by atoms with E-state index in [1.165, 1.54) is 20.8 Å². The molecule has 11 heteroatoms. The lowest BCUT2D eigenvalue weighted by Gasteiger charge is -2.54. The highest BCUT2D eigenvalue weighted by Gasteiger charge is 2.75. The van der Waals surface area contributed by atoms with Crippen molar-refractivity contribution in [1.82, 2.24) is 0 Å². The Hall–Kier alpha value is -2.43. The molecule has 2 saturated heterocycles. The van der Waals surface area contributed by atoms with Crippen LogP contribution in [0.2, 0.25) is 0 Å². The van der Waals surface area contributed by atoms with Crippen molar-refractivity contribution in [1.29, 1.82) is 0 Å². The minimum absolute atomic E-state index is 0.170. The van der Waals surface area contributed by atoms with Crippen LogP contribution in [0.4, 0.5) is 0 Å². The second-order valence-corrected chi connectivity index (χ2v) is 11.8. The van der Waals surface area contributed by atoms with Gasteiger partial charge in [0.1, 0.15) is 24.4 Å². The van der Waals surface area contributed by atoms with E-state index in [1.54, 1.807) is 19.1 Å². The van der Waals surface area contributed by atoms with Crippen LogP contribution in [0.5, 0.6) is 0 Å². The highest BCUT2D eigenvalue weighted by molar-refractivity contribution is 6.23. The molecule has 4 aliphatic rings. The summed E-state index contributed by atoms with van der Waals surface area (Å²) < 4.78 is 29.3. The molecule has 0 aromatic heterocycles. The molecule has 1 N–H and O–H groups in total. The van der Waals surface area contributed by atoms with Gasteiger partial charge in [-0.1, -0.05) is 33.4 Å². The second kappa shape index (κ2) is 10.5. The van der Waals surface area contributed by atoms with Crippen LogP contribution in [0.15, 0.2) is 24.3 Å². The fraction of sp³-hybridized carbons (Fsp3) is 0.714. The number of epoxide rings is 1. The molecule has 2 aliphatic carbocycles. The zero-order valence-electron chi connectivity index (χ0n) is 23.0. The van der Waals surface area contributed by atoms with Crippen molar-refractivity contribution in [3.8, 4) is 0 Å². The molecule has 0 amide bonds. The molecule has 0 unspecified atom stereocenters. The summed E-state index contributed by atoms with van der Waals surface area (Å²) in [6.45, 7) is 13.4. The molecule has 12 atom stereocenters. The molecule has 0 aromatic rings. The lowest BCUT2D eigenvalue weighted by atomic mass is 9.54. The summed E-state index contributed by atoms with van der Waals surface area (Å²) in [7, 11) is 0. The number of rotatable bonds is 5. The Kier molecular flexibility index (Phi) is 7.97. The summed E-state index contributed by atoms with van der Waals surface area (Å²) in [4.78, 5) is 50.4. The number of alkyl halides is 1. The summed E-state index contributed by atoms with van der Waals surface area (Å²) in [6, 6.07) is 0. The first-order valence-electron chi connectivity index (χ1n) is 13.3. The van der Waals surface area contributed by atoms with E-state index in [1.807, 2.05) is 13.8 Å². The fourth-order valence-electron chi connectivity index (χ4n) is 6.82. The van der Waals surface area contributed by atoms with E-state index in [2.05, 4.69) is 6.58 Å². The Labute approximate surface area is 233 Å². The van der Waals surface area contributed by atoms with Crippen LogP contribution in [0.1, 0.15) is 54.4 Å². The number of ether oxygens (including phenoxy) is 5. The number of hydrogen-bond donors (Lipinski definition) is 1. The maximum absolute atomic E-state index is 12.9. The van der Waals surface area contributed by atoms with Crippen LogP contribution < -0.4 is 0 Å². The van der Waals surface area contributed by atoms with Gasteiger partial charge in [-0.2, -0.15) is 0 Å². The Balaban J connectivity index is 1.98. The van der Waals surface area contributed by atoms with E-state index in [0.29, 0.717) is 12.0 Å². The lowest BCUT2D eigenvalue weighted by Crippen LogP contribution is -2.68. The molecule has 1 saturated carbocycles. The summed E-state index contributed by atoms with van der Waals surface area (Å²) in [5, 5.41) is 11.3. The van der Waals surface area contributed by atoms with Gasteiger partial charge in [-0.15, -0.1) is 11.6 Å². The van der Waals surface area contributed by atoms with Crippen LogP contribution in [-0.2, 0) is 42.9 Å². The van der Waals surface area contributed by atoms with Gasteiger partial charge in [-0.3, -0.25) is 19.2 Å². The van der Waals surface area contributed by atoms with Gasteiger partial charge in [0.25, 0.3) is 0 Å². The molecule has 0 spiro atoms. The third-order valence-electron chi connectivity index (χ3n) is 8.82. The van der Waals surface area contributed by atoms with Crippen LogP contribution >= 0.6 is 11.6 Å². The number of allylic oxidation sites excluding steroid dienone is 1. The number of carbonyl (C=O) groups is 4. The van der Waals surface area contributed by atoms with Crippen molar-refractivity contribution in [2.75, 3.05) is 0 Å². The van der Waals surface area contributed by atoms with Crippen LogP contribution in [0.25, 0.3) is 0 Å². The minimum Gasteiger partial charge on any atom is -0.459 e. The van der Waals surface area contributed by atoms with Gasteiger partial charge < -0.3 is 28.8 Å². The molecule has 3 fully saturated rings. The van der Waals surface area contributed by atoms with Gasteiger partial charge in [-0.05, 0) is 25.0 Å². The Bertz CT molecular complexity index is 1090. The van der Waals surface area contributed by atoms with Gasteiger partial charge in [-0.25, -0.2) is 0 Å². The van der Waals surface area contributed by atoms with Crippen molar-refractivity contribution in [2.24, 2.45) is 23.2 Å². The number of fused-ring (bicyclic) bond motifs is 4. The molecule has 0 radical (unpaired) electrons. The van der Waals surface area contributed by atoms with E-state index in [4.69, 9.17) is 35.3 Å². The molecule has 4 rings (SSSR count). The molecule has 0 aromatic carbocycles. The molecule has 10 nitrogen and oxygen atoms in total. The molecule has 216 valence electrons. The first-order chi connectivity index (χ1) is 18.2. The largest absolute Gasteiger partial charge is 0.459 e. The zero-order valence-corrected chi connectivity index (χ0v) is 23.8. The molecule has 2 heterocycles. The first kappa shape index (κ1) is 29.6. The first-order valence-corrected chi connectivity index (χ1v) is 13.8. The topological polar surface area (TPSA) is 138 Å². The van der Waals surface area contributed by atoms with Crippen LogP contribution in [0, 0.1) is 23.2 Å². The van der Waals surface area contributed by atoms with E-state index in [9.17, 15) is 24.3 Å². The van der Waals surface area contributed by atoms with E-state index in [-0.39, 0.29) is 6.42 Å². The standard InChI is InChI=1S/C28H37ClO10/c1-8-9-18(32)37-17-11-10-12(2)20(29)24-28(34,14(4)26(33)39-24)23(36-16(6)31)19-13(3)21(35-15(5)30)22-25(38-22)27(17,19)7/h10-11,13-14,17,19-25,34H,2,8-9H2,1,3-7H3/b11-10-/t13-,14+,17-,19-,20+,21+,22+,23-,24+,25+,27-,28-/m1/s1. The maximum Gasteiger partial charge on any atom is 0.312 e. The third-order valence-corrected chi connectivity index (χ3v) is 9.33. The van der Waals surface area contributed by atoms with E-state index < -0.39 is 94.6 Å². The summed E-state index contributed by atoms with van der Waals surface area (Å²) in [6.07, 6.45) is -1.51. The smallest absolute Gasteiger partial charge is 0.312 e. The Morgan fingerprint density at radius 2 is 1.77 bits per heavy atom. The normalized spacial score (nSPS) is 45.5. The Morgan fingerprint density at radius 1 is 1.13 bits per heavy atom. The van der Waals surface area contributed by atoms with Gasteiger partial charge in [0.15, 0.2) is 11.7 Å². The van der Waals surface area contributed by atoms with Crippen molar-refractivity contribution in [3.63, 3.8) is 0 Å². The monoisotopic (exact) mass is 568 g/mol. The molecular weight excluding hydrogens is 532 g/mol. The van der Waals surface area contributed by atoms with Crippen molar-refractivity contribution in [3.05, 3.63) is 24.3 Å². The number of aliphatic hydroxyl groups is 1. The second-order valence-electron chi connectivity index (χ2n) is 11.3. The summed E-state index contributed by atoms with van der Waals surface area (Å²) >= 11 is 6.75. The van der Waals surface area contributed by atoms with Crippen molar-refractivity contribution < 1.29 is 48.0 Å². The highest BCUT2D eigenvalue weighted by atomic mass is 35.5. The summed E-state index contributed by atoms with van der Waals surface area (Å²) in [5.41, 5.74) is -2.91. The number of esters is 4. The average molecular weight is 569 g/mol. The number of carbonyl (C=O) groups excluding carboxylic acids is 4. The molecule has 39 heavy (non-hydrogen) atoms. The van der Waals surface area contributed by atoms with Gasteiger partial charge in [0.2, 0.25) is 0 Å². The van der Waals surface area contributed by atoms with Gasteiger partial charge in [0.05, 0.1) is 17.4 Å². The fourth-order valence-corrected chi connectivity index (χ4v) is 7.15. The van der Waals surface area contributed by atoms with Crippen molar-refractivity contribution >= 4 is 35.5 Å². The van der Waals surface area contributed by atoms with Gasteiger partial charge >= 0.3 is 23.9 Å². The van der Waals surface area contributed by atoms with Crippen LogP contribution in [0.3, 0.4) is 0 Å². The molecule has 2 aliphatic heterocycles. The van der Waals surface area contributed by atoms with Crippen molar-refractivity contribution in [2.45, 2.75) is 102 Å². The van der Waals surface area contributed by atoms with Crippen LogP contribution in [-0.4, -0.2) is 76.6 Å². The van der Waals surface area contributed by atoms with E-state index >= 15 is 0 Å². The lowest BCUT2D eigenvalue weighted by molar-refractivity contribution is -0.222. The number of hydrogen-bond acceptors (Lipinski definition) is 10. The zero-order chi connectivity index (χ0) is 29.0. The summed E-state index contributed by atoms with van der Waals surface area (Å²) in [5.74, 6) is -4.98. The third kappa shape index (κ3) is 4.78. The predicted molar refractivity (Wildman–Crippen MR) is 137 cm³/mol. The SMILES string of the molecule is C=C1/C=C\[C@@H](OC(=O)CCC)[C@]2(C)[C@H]([C@@H](C)[C@H](OC(C)=O)[C@@H]3O[C@@H]32)[C@@H](OC(C)=O)[C@]2(O)[C@@H](C)C(=O)O[C@H]2[C@H]1Cl. The molecular formula is C28H37ClO10. The minimum atomic E-state index is -2.11. The highest BCUT2D eigenvalue weighted by Crippen LogP contribution is 2.62. The molecule has 0 bridgehead atoms. The average Bonchev–Trinajstić information content (AvgIpc) is 3.62. The number of halogens is 1. The van der Waals surface area contributed by atoms with Gasteiger partial charge in [0, 0.05) is 37.5 Å². The quantitative estimate of drug-likeness (QED) is 0.228. The Morgan fingerprint density at radius 3 is 2.36 bits per heavy atom. The maximum atomic E-state index is 12.9. The predicted octanol–water partition coefficient (Wildman–Crippen LogP) is 2.63.